The van der Waals surface area contributed by atoms with Crippen LogP contribution in [0.15, 0.2) is 17.5 Å². The fourth-order valence-electron chi connectivity index (χ4n) is 1.77. The van der Waals surface area contributed by atoms with Gasteiger partial charge in [0.25, 0.3) is 0 Å². The summed E-state index contributed by atoms with van der Waals surface area (Å²) in [7, 11) is 2.89. The lowest BCUT2D eigenvalue weighted by Crippen LogP contribution is -2.03. The van der Waals surface area contributed by atoms with Gasteiger partial charge < -0.3 is 19.3 Å². The van der Waals surface area contributed by atoms with Crippen LogP contribution in [0.5, 0.6) is 17.2 Å². The van der Waals surface area contributed by atoms with E-state index in [1.165, 1.54) is 37.7 Å². The number of thiazole rings is 1. The van der Waals surface area contributed by atoms with Crippen molar-refractivity contribution in [2.75, 3.05) is 14.2 Å². The maximum absolute atomic E-state index is 11.1. The van der Waals surface area contributed by atoms with E-state index in [-0.39, 0.29) is 12.2 Å². The van der Waals surface area contributed by atoms with Crippen LogP contribution in [-0.2, 0) is 6.61 Å². The van der Waals surface area contributed by atoms with E-state index in [1.807, 2.05) is 12.3 Å². The number of aromatic carboxylic acids is 1. The molecule has 0 unspecified atom stereocenters. The van der Waals surface area contributed by atoms with E-state index in [0.717, 1.165) is 10.7 Å². The van der Waals surface area contributed by atoms with Crippen molar-refractivity contribution in [2.24, 2.45) is 0 Å². The van der Waals surface area contributed by atoms with Crippen LogP contribution in [0.2, 0.25) is 0 Å². The van der Waals surface area contributed by atoms with Gasteiger partial charge in [-0.05, 0) is 19.1 Å². The molecular weight excluding hydrogens is 294 g/mol. The number of nitrogens with zero attached hydrogens (tertiary/aromatic N) is 1. The van der Waals surface area contributed by atoms with Crippen LogP contribution in [0.3, 0.4) is 0 Å². The minimum absolute atomic E-state index is 0.0700. The number of aromatic nitrogens is 1. The Morgan fingerprint density at radius 1 is 1.29 bits per heavy atom. The summed E-state index contributed by atoms with van der Waals surface area (Å²) < 4.78 is 16.1. The Labute approximate surface area is 125 Å². The zero-order chi connectivity index (χ0) is 15.4. The van der Waals surface area contributed by atoms with Crippen molar-refractivity contribution >= 4 is 17.3 Å². The van der Waals surface area contributed by atoms with E-state index in [4.69, 9.17) is 19.3 Å². The fraction of sp³-hybridized carbons (Fsp3) is 0.286. The molecule has 1 aromatic heterocycles. The Morgan fingerprint density at radius 3 is 2.33 bits per heavy atom. The second kappa shape index (κ2) is 6.45. The van der Waals surface area contributed by atoms with Gasteiger partial charge in [0.15, 0.2) is 11.5 Å². The van der Waals surface area contributed by atoms with Gasteiger partial charge in [0.2, 0.25) is 5.75 Å². The van der Waals surface area contributed by atoms with Crippen LogP contribution in [0.25, 0.3) is 0 Å². The summed E-state index contributed by atoms with van der Waals surface area (Å²) in [5.41, 5.74) is 0.865. The summed E-state index contributed by atoms with van der Waals surface area (Å²) in [6, 6.07) is 2.79. The minimum Gasteiger partial charge on any atom is -0.493 e. The van der Waals surface area contributed by atoms with E-state index < -0.39 is 5.97 Å². The zero-order valence-corrected chi connectivity index (χ0v) is 12.7. The Balaban J connectivity index is 2.30. The van der Waals surface area contributed by atoms with Crippen molar-refractivity contribution in [3.8, 4) is 17.2 Å². The summed E-state index contributed by atoms with van der Waals surface area (Å²) in [6.07, 6.45) is 0. The Hall–Kier alpha value is -2.28. The molecule has 0 saturated heterocycles. The summed E-state index contributed by atoms with van der Waals surface area (Å²) in [6.45, 7) is 2.17. The molecule has 0 aliphatic carbocycles. The average molecular weight is 309 g/mol. The Morgan fingerprint density at radius 2 is 1.90 bits per heavy atom. The molecule has 2 rings (SSSR count). The summed E-state index contributed by atoms with van der Waals surface area (Å²) in [4.78, 5) is 15.4. The molecule has 0 aliphatic heterocycles. The lowest BCUT2D eigenvalue weighted by Gasteiger charge is -2.14. The maximum Gasteiger partial charge on any atom is 0.335 e. The SMILES string of the molecule is COc1cc(C(=O)O)cc(OC)c1OCc1csc(C)n1. The molecule has 2 aromatic rings. The van der Waals surface area contributed by atoms with Gasteiger partial charge in [-0.25, -0.2) is 9.78 Å². The van der Waals surface area contributed by atoms with Gasteiger partial charge in [0, 0.05) is 5.38 Å². The molecule has 0 amide bonds. The standard InChI is InChI=1S/C14H15NO5S/c1-8-15-10(7-21-8)6-20-13-11(18-2)4-9(14(16)17)5-12(13)19-3/h4-5,7H,6H2,1-3H3,(H,16,17). The first-order valence-corrected chi connectivity index (χ1v) is 6.96. The largest absolute Gasteiger partial charge is 0.493 e. The van der Waals surface area contributed by atoms with Crippen molar-refractivity contribution in [1.29, 1.82) is 0 Å². The predicted octanol–water partition coefficient (Wildman–Crippen LogP) is 2.75. The summed E-state index contributed by atoms with van der Waals surface area (Å²) in [5.74, 6) is -0.0960. The summed E-state index contributed by atoms with van der Waals surface area (Å²) in [5, 5.41) is 11.9. The smallest absolute Gasteiger partial charge is 0.335 e. The molecule has 0 atom stereocenters. The molecule has 6 nitrogen and oxygen atoms in total. The number of ether oxygens (including phenoxy) is 3. The fourth-order valence-corrected chi connectivity index (χ4v) is 2.36. The van der Waals surface area contributed by atoms with Crippen LogP contribution in [-0.4, -0.2) is 30.3 Å². The topological polar surface area (TPSA) is 77.9 Å². The third-order valence-corrected chi connectivity index (χ3v) is 3.56. The third-order valence-electron chi connectivity index (χ3n) is 2.74. The number of rotatable bonds is 6. The highest BCUT2D eigenvalue weighted by molar-refractivity contribution is 7.09. The molecule has 1 aromatic carbocycles. The van der Waals surface area contributed by atoms with E-state index >= 15 is 0 Å². The lowest BCUT2D eigenvalue weighted by atomic mass is 10.2. The van der Waals surface area contributed by atoms with Crippen LogP contribution in [0.1, 0.15) is 21.1 Å². The van der Waals surface area contributed by atoms with Crippen molar-refractivity contribution in [1.82, 2.24) is 4.98 Å². The minimum atomic E-state index is -1.06. The van der Waals surface area contributed by atoms with Gasteiger partial charge >= 0.3 is 5.97 Å². The lowest BCUT2D eigenvalue weighted by molar-refractivity contribution is 0.0696. The van der Waals surface area contributed by atoms with Gasteiger partial charge in [-0.2, -0.15) is 0 Å². The van der Waals surface area contributed by atoms with Gasteiger partial charge in [-0.3, -0.25) is 0 Å². The predicted molar refractivity (Wildman–Crippen MR) is 77.7 cm³/mol. The number of hydrogen-bond acceptors (Lipinski definition) is 6. The number of methoxy groups -OCH3 is 2. The molecule has 1 N–H and O–H groups in total. The van der Waals surface area contributed by atoms with Crippen LogP contribution in [0.4, 0.5) is 0 Å². The van der Waals surface area contributed by atoms with E-state index in [0.29, 0.717) is 17.2 Å². The van der Waals surface area contributed by atoms with Crippen LogP contribution in [0, 0.1) is 6.92 Å². The first-order chi connectivity index (χ1) is 10.0. The van der Waals surface area contributed by atoms with Crippen LogP contribution >= 0.6 is 11.3 Å². The average Bonchev–Trinajstić information content (AvgIpc) is 2.89. The summed E-state index contributed by atoms with van der Waals surface area (Å²) >= 11 is 1.53. The third kappa shape index (κ3) is 3.43. The normalized spacial score (nSPS) is 10.2. The molecule has 112 valence electrons. The highest BCUT2D eigenvalue weighted by Gasteiger charge is 2.17. The molecule has 0 spiro atoms. The molecular formula is C14H15NO5S. The van der Waals surface area contributed by atoms with Gasteiger partial charge in [-0.1, -0.05) is 0 Å². The Kier molecular flexibility index (Phi) is 4.64. The van der Waals surface area contributed by atoms with E-state index in [1.54, 1.807) is 0 Å². The van der Waals surface area contributed by atoms with Gasteiger partial charge in [0.1, 0.15) is 6.61 Å². The first-order valence-electron chi connectivity index (χ1n) is 6.08. The molecule has 1 heterocycles. The molecule has 0 aliphatic rings. The van der Waals surface area contributed by atoms with Crippen molar-refractivity contribution in [3.05, 3.63) is 33.8 Å². The number of carboxylic acid groups (broad SMARTS) is 1. The second-order valence-corrected chi connectivity index (χ2v) is 5.22. The zero-order valence-electron chi connectivity index (χ0n) is 11.9. The first kappa shape index (κ1) is 15.1. The molecule has 7 heteroatoms. The highest BCUT2D eigenvalue weighted by Crippen LogP contribution is 2.39. The molecule has 21 heavy (non-hydrogen) atoms. The molecule has 0 fully saturated rings. The quantitative estimate of drug-likeness (QED) is 0.884. The van der Waals surface area contributed by atoms with E-state index in [9.17, 15) is 4.79 Å². The van der Waals surface area contributed by atoms with Crippen LogP contribution < -0.4 is 14.2 Å². The van der Waals surface area contributed by atoms with Gasteiger partial charge in [-0.15, -0.1) is 11.3 Å². The number of carboxylic acids is 1. The highest BCUT2D eigenvalue weighted by atomic mass is 32.1. The van der Waals surface area contributed by atoms with Crippen molar-refractivity contribution in [2.45, 2.75) is 13.5 Å². The number of carbonyl (C=O) groups is 1. The number of aryl methyl sites for hydroxylation is 1. The van der Waals surface area contributed by atoms with Gasteiger partial charge in [0.05, 0.1) is 30.5 Å². The second-order valence-electron chi connectivity index (χ2n) is 4.16. The molecule has 0 radical (unpaired) electrons. The maximum atomic E-state index is 11.1. The van der Waals surface area contributed by atoms with Crippen molar-refractivity contribution in [3.63, 3.8) is 0 Å². The number of benzene rings is 1. The van der Waals surface area contributed by atoms with E-state index in [2.05, 4.69) is 4.98 Å². The molecule has 0 saturated carbocycles. The molecule has 0 bridgehead atoms. The number of hydrogen-bond donors (Lipinski definition) is 1. The Bertz CT molecular complexity index is 628. The monoisotopic (exact) mass is 309 g/mol. The van der Waals surface area contributed by atoms with Crippen molar-refractivity contribution < 1.29 is 24.1 Å².